The number of amides is 3. The summed E-state index contributed by atoms with van der Waals surface area (Å²) in [7, 11) is 1.46. The summed E-state index contributed by atoms with van der Waals surface area (Å²) in [5.41, 5.74) is 4.31. The van der Waals surface area contributed by atoms with Crippen molar-refractivity contribution in [2.75, 3.05) is 25.6 Å². The van der Waals surface area contributed by atoms with Crippen molar-refractivity contribution < 1.29 is 23.9 Å². The van der Waals surface area contributed by atoms with Crippen LogP contribution in [0.2, 0.25) is 0 Å². The predicted octanol–water partition coefficient (Wildman–Crippen LogP) is 2.54. The second-order valence-electron chi connectivity index (χ2n) is 6.40. The highest BCUT2D eigenvalue weighted by molar-refractivity contribution is 9.10. The Morgan fingerprint density at radius 1 is 1.12 bits per heavy atom. The van der Waals surface area contributed by atoms with Crippen molar-refractivity contribution >= 4 is 45.6 Å². The van der Waals surface area contributed by atoms with E-state index in [4.69, 9.17) is 9.47 Å². The van der Waals surface area contributed by atoms with E-state index in [1.807, 2.05) is 19.1 Å². The first-order valence-corrected chi connectivity index (χ1v) is 10.2. The minimum atomic E-state index is -0.901. The molecular formula is C22H23BrN4O5. The Morgan fingerprint density at radius 2 is 1.91 bits per heavy atom. The zero-order valence-corrected chi connectivity index (χ0v) is 19.2. The minimum Gasteiger partial charge on any atom is -0.493 e. The fraction of sp³-hybridized carbons (Fsp3) is 0.182. The number of nitrogens with one attached hydrogen (secondary N) is 3. The van der Waals surface area contributed by atoms with E-state index in [-0.39, 0.29) is 19.1 Å². The average Bonchev–Trinajstić information content (AvgIpc) is 2.78. The molecule has 0 spiro atoms. The zero-order valence-electron chi connectivity index (χ0n) is 17.6. The van der Waals surface area contributed by atoms with E-state index < -0.39 is 11.8 Å². The van der Waals surface area contributed by atoms with Crippen LogP contribution in [0.5, 0.6) is 11.5 Å². The third-order valence-electron chi connectivity index (χ3n) is 4.00. The van der Waals surface area contributed by atoms with Crippen LogP contribution in [-0.4, -0.2) is 44.2 Å². The SMILES string of the molecule is C=CCNC(=O)C(=O)N/N=C\c1ccc(OCC(=O)Nc2ccc(Br)cc2C)c(OC)c1. The van der Waals surface area contributed by atoms with Gasteiger partial charge in [-0.25, -0.2) is 5.43 Å². The molecule has 3 amide bonds. The summed E-state index contributed by atoms with van der Waals surface area (Å²) >= 11 is 3.38. The molecule has 0 aliphatic carbocycles. The number of carbonyl (C=O) groups excluding carboxylic acids is 3. The van der Waals surface area contributed by atoms with Gasteiger partial charge in [-0.15, -0.1) is 6.58 Å². The molecule has 0 heterocycles. The number of aryl methyl sites for hydroxylation is 1. The average molecular weight is 503 g/mol. The number of hydrogen-bond acceptors (Lipinski definition) is 6. The second kappa shape index (κ2) is 12.3. The topological polar surface area (TPSA) is 118 Å². The Kier molecular flexibility index (Phi) is 9.43. The Bertz CT molecular complexity index is 1040. The summed E-state index contributed by atoms with van der Waals surface area (Å²) < 4.78 is 11.8. The summed E-state index contributed by atoms with van der Waals surface area (Å²) in [4.78, 5) is 35.3. The lowest BCUT2D eigenvalue weighted by atomic mass is 10.2. The fourth-order valence-electron chi connectivity index (χ4n) is 2.44. The van der Waals surface area contributed by atoms with Crippen molar-refractivity contribution in [2.24, 2.45) is 5.10 Å². The molecule has 3 N–H and O–H groups in total. The molecule has 168 valence electrons. The van der Waals surface area contributed by atoms with Crippen molar-refractivity contribution in [1.82, 2.24) is 10.7 Å². The van der Waals surface area contributed by atoms with Gasteiger partial charge in [-0.05, 0) is 54.4 Å². The molecule has 0 saturated heterocycles. The first-order chi connectivity index (χ1) is 15.3. The van der Waals surface area contributed by atoms with Gasteiger partial charge in [0.25, 0.3) is 5.91 Å². The number of rotatable bonds is 9. The summed E-state index contributed by atoms with van der Waals surface area (Å²) in [6.45, 7) is 5.30. The van der Waals surface area contributed by atoms with Gasteiger partial charge in [0.15, 0.2) is 18.1 Å². The molecule has 9 nitrogen and oxygen atoms in total. The number of carbonyl (C=O) groups is 3. The van der Waals surface area contributed by atoms with Crippen molar-refractivity contribution in [1.29, 1.82) is 0 Å². The minimum absolute atomic E-state index is 0.176. The van der Waals surface area contributed by atoms with Gasteiger partial charge < -0.3 is 20.1 Å². The molecule has 0 aliphatic heterocycles. The number of hydrogen-bond donors (Lipinski definition) is 3. The van der Waals surface area contributed by atoms with E-state index >= 15 is 0 Å². The maximum atomic E-state index is 12.2. The summed E-state index contributed by atoms with van der Waals surface area (Å²) in [5, 5.41) is 8.86. The van der Waals surface area contributed by atoms with E-state index in [0.29, 0.717) is 22.7 Å². The van der Waals surface area contributed by atoms with Gasteiger partial charge in [0.2, 0.25) is 0 Å². The van der Waals surface area contributed by atoms with Crippen molar-refractivity contribution in [3.05, 3.63) is 64.7 Å². The van der Waals surface area contributed by atoms with Crippen LogP contribution < -0.4 is 25.5 Å². The maximum Gasteiger partial charge on any atom is 0.329 e. The third kappa shape index (κ3) is 7.55. The molecule has 0 bridgehead atoms. The zero-order chi connectivity index (χ0) is 23.5. The van der Waals surface area contributed by atoms with Gasteiger partial charge in [0.05, 0.1) is 13.3 Å². The van der Waals surface area contributed by atoms with Crippen LogP contribution in [0.3, 0.4) is 0 Å². The highest BCUT2D eigenvalue weighted by atomic mass is 79.9. The van der Waals surface area contributed by atoms with Crippen LogP contribution >= 0.6 is 15.9 Å². The molecule has 0 saturated carbocycles. The lowest BCUT2D eigenvalue weighted by molar-refractivity contribution is -0.139. The first-order valence-electron chi connectivity index (χ1n) is 9.43. The highest BCUT2D eigenvalue weighted by Crippen LogP contribution is 2.27. The van der Waals surface area contributed by atoms with Crippen LogP contribution in [0.1, 0.15) is 11.1 Å². The number of anilines is 1. The fourth-order valence-corrected chi connectivity index (χ4v) is 2.92. The molecule has 0 atom stereocenters. The molecule has 0 unspecified atom stereocenters. The molecule has 2 rings (SSSR count). The number of nitrogens with zero attached hydrogens (tertiary/aromatic N) is 1. The van der Waals surface area contributed by atoms with E-state index in [1.165, 1.54) is 19.4 Å². The highest BCUT2D eigenvalue weighted by Gasteiger charge is 2.12. The lowest BCUT2D eigenvalue weighted by Crippen LogP contribution is -2.37. The van der Waals surface area contributed by atoms with Gasteiger partial charge in [0.1, 0.15) is 0 Å². The van der Waals surface area contributed by atoms with Gasteiger partial charge in [0, 0.05) is 16.7 Å². The summed E-state index contributed by atoms with van der Waals surface area (Å²) in [6.07, 6.45) is 2.80. The van der Waals surface area contributed by atoms with Crippen LogP contribution in [0, 0.1) is 6.92 Å². The van der Waals surface area contributed by atoms with Crippen LogP contribution in [-0.2, 0) is 14.4 Å². The van der Waals surface area contributed by atoms with Crippen molar-refractivity contribution in [2.45, 2.75) is 6.92 Å². The number of benzene rings is 2. The van der Waals surface area contributed by atoms with Crippen LogP contribution in [0.4, 0.5) is 5.69 Å². The lowest BCUT2D eigenvalue weighted by Gasteiger charge is -2.12. The first kappa shape index (κ1) is 24.6. The maximum absolute atomic E-state index is 12.2. The number of methoxy groups -OCH3 is 1. The predicted molar refractivity (Wildman–Crippen MR) is 125 cm³/mol. The van der Waals surface area contributed by atoms with E-state index in [2.05, 4.69) is 43.7 Å². The van der Waals surface area contributed by atoms with Crippen molar-refractivity contribution in [3.8, 4) is 11.5 Å². The Balaban J connectivity index is 1.93. The van der Waals surface area contributed by atoms with E-state index in [9.17, 15) is 14.4 Å². The van der Waals surface area contributed by atoms with E-state index in [1.54, 1.807) is 24.3 Å². The number of hydrazone groups is 1. The molecule has 2 aromatic rings. The smallest absolute Gasteiger partial charge is 0.329 e. The monoisotopic (exact) mass is 502 g/mol. The van der Waals surface area contributed by atoms with Crippen molar-refractivity contribution in [3.63, 3.8) is 0 Å². The Hall–Kier alpha value is -3.66. The van der Waals surface area contributed by atoms with Gasteiger partial charge in [-0.2, -0.15) is 5.10 Å². The van der Waals surface area contributed by atoms with E-state index in [0.717, 1.165) is 10.0 Å². The number of ether oxygens (including phenoxy) is 2. The molecule has 0 fully saturated rings. The quantitative estimate of drug-likeness (QED) is 0.210. The van der Waals surface area contributed by atoms with Crippen LogP contribution in [0.15, 0.2) is 58.6 Å². The molecule has 2 aromatic carbocycles. The Morgan fingerprint density at radius 3 is 2.59 bits per heavy atom. The normalized spacial score (nSPS) is 10.3. The molecular weight excluding hydrogens is 480 g/mol. The second-order valence-corrected chi connectivity index (χ2v) is 7.32. The third-order valence-corrected chi connectivity index (χ3v) is 4.50. The summed E-state index contributed by atoms with van der Waals surface area (Å²) in [5.74, 6) is -1.31. The van der Waals surface area contributed by atoms with Gasteiger partial charge in [-0.1, -0.05) is 22.0 Å². The molecule has 32 heavy (non-hydrogen) atoms. The standard InChI is InChI=1S/C22H23BrN4O5/c1-4-9-24-21(29)22(30)27-25-12-15-5-8-18(19(11-15)31-3)32-13-20(28)26-17-7-6-16(23)10-14(17)2/h4-8,10-12H,1,9,13H2,2-3H3,(H,24,29)(H,26,28)(H,27,30)/b25-12-. The number of halogens is 1. The Labute approximate surface area is 194 Å². The summed E-state index contributed by atoms with van der Waals surface area (Å²) in [6, 6.07) is 10.4. The molecule has 10 heteroatoms. The molecule has 0 aromatic heterocycles. The van der Waals surface area contributed by atoms with Gasteiger partial charge in [-0.3, -0.25) is 14.4 Å². The van der Waals surface area contributed by atoms with Gasteiger partial charge >= 0.3 is 11.8 Å². The molecule has 0 radical (unpaired) electrons. The largest absolute Gasteiger partial charge is 0.493 e. The van der Waals surface area contributed by atoms with Crippen LogP contribution in [0.25, 0.3) is 0 Å². The molecule has 0 aliphatic rings.